The van der Waals surface area contributed by atoms with Gasteiger partial charge in [-0.15, -0.1) is 0 Å². The summed E-state index contributed by atoms with van der Waals surface area (Å²) in [7, 11) is 0. The Bertz CT molecular complexity index is 482. The molecular formula is C17H25BrFN. The Hall–Kier alpha value is -0.410. The predicted octanol–water partition coefficient (Wildman–Crippen LogP) is 4.79. The first kappa shape index (κ1) is 16.0. The smallest absolute Gasteiger partial charge is 0.127 e. The molecule has 1 aromatic rings. The van der Waals surface area contributed by atoms with Gasteiger partial charge in [-0.3, -0.25) is 0 Å². The zero-order chi connectivity index (χ0) is 15.1. The summed E-state index contributed by atoms with van der Waals surface area (Å²) < 4.78 is 14.9. The third kappa shape index (κ3) is 2.67. The lowest BCUT2D eigenvalue weighted by Gasteiger charge is -2.21. The minimum absolute atomic E-state index is 0.112. The van der Waals surface area contributed by atoms with E-state index in [2.05, 4.69) is 55.9 Å². The van der Waals surface area contributed by atoms with E-state index < -0.39 is 0 Å². The molecular weight excluding hydrogens is 317 g/mol. The summed E-state index contributed by atoms with van der Waals surface area (Å²) >= 11 is 3.32. The molecule has 1 fully saturated rings. The van der Waals surface area contributed by atoms with E-state index in [0.29, 0.717) is 22.8 Å². The zero-order valence-corrected chi connectivity index (χ0v) is 14.6. The molecule has 0 radical (unpaired) electrons. The molecule has 0 aliphatic heterocycles. The van der Waals surface area contributed by atoms with E-state index in [9.17, 15) is 4.39 Å². The van der Waals surface area contributed by atoms with Crippen molar-refractivity contribution in [3.8, 4) is 0 Å². The fourth-order valence-electron chi connectivity index (χ4n) is 3.75. The number of likely N-dealkylation sites (N-methyl/N-ethyl adjacent to an activating group) is 1. The van der Waals surface area contributed by atoms with Gasteiger partial charge < -0.3 is 5.32 Å². The monoisotopic (exact) mass is 341 g/mol. The fourth-order valence-corrected chi connectivity index (χ4v) is 4.08. The maximum Gasteiger partial charge on any atom is 0.127 e. The number of hydrogen-bond acceptors (Lipinski definition) is 1. The second-order valence-electron chi connectivity index (χ2n) is 7.03. The average molecular weight is 342 g/mol. The molecule has 0 aromatic heterocycles. The van der Waals surface area contributed by atoms with E-state index in [1.807, 2.05) is 12.1 Å². The Morgan fingerprint density at radius 3 is 2.30 bits per heavy atom. The highest BCUT2D eigenvalue weighted by Crippen LogP contribution is 2.69. The molecule has 3 heteroatoms. The molecule has 1 unspecified atom stereocenters. The molecule has 20 heavy (non-hydrogen) atoms. The van der Waals surface area contributed by atoms with Crippen LogP contribution >= 0.6 is 15.9 Å². The molecule has 1 aliphatic rings. The van der Waals surface area contributed by atoms with Crippen molar-refractivity contribution in [3.63, 3.8) is 0 Å². The topological polar surface area (TPSA) is 12.0 Å². The van der Waals surface area contributed by atoms with Gasteiger partial charge in [-0.1, -0.05) is 56.6 Å². The first-order chi connectivity index (χ1) is 9.21. The third-order valence-electron chi connectivity index (χ3n) is 5.46. The quantitative estimate of drug-likeness (QED) is 0.811. The van der Waals surface area contributed by atoms with E-state index in [1.54, 1.807) is 6.07 Å². The van der Waals surface area contributed by atoms with Crippen LogP contribution in [0.4, 0.5) is 4.39 Å². The molecule has 1 aliphatic carbocycles. The molecule has 1 aromatic carbocycles. The number of nitrogens with one attached hydrogen (secondary N) is 1. The molecule has 1 N–H and O–H groups in total. The van der Waals surface area contributed by atoms with E-state index >= 15 is 0 Å². The first-order valence-corrected chi connectivity index (χ1v) is 8.18. The summed E-state index contributed by atoms with van der Waals surface area (Å²) in [6.45, 7) is 12.3. The van der Waals surface area contributed by atoms with Gasteiger partial charge in [0.05, 0.1) is 0 Å². The van der Waals surface area contributed by atoms with E-state index in [0.717, 1.165) is 23.0 Å². The van der Waals surface area contributed by atoms with E-state index in [4.69, 9.17) is 0 Å². The molecule has 0 heterocycles. The van der Waals surface area contributed by atoms with Crippen molar-refractivity contribution >= 4 is 15.9 Å². The number of hydrogen-bond donors (Lipinski definition) is 1. The Morgan fingerprint density at radius 1 is 1.25 bits per heavy atom. The second-order valence-corrected chi connectivity index (χ2v) is 7.94. The minimum atomic E-state index is -0.112. The van der Waals surface area contributed by atoms with Crippen LogP contribution in [0.1, 0.15) is 40.2 Å². The van der Waals surface area contributed by atoms with Crippen molar-refractivity contribution in [1.82, 2.24) is 5.32 Å². The molecule has 0 amide bonds. The maximum absolute atomic E-state index is 14.1. The van der Waals surface area contributed by atoms with Crippen LogP contribution in [0.3, 0.4) is 0 Å². The van der Waals surface area contributed by atoms with Gasteiger partial charge in [0.1, 0.15) is 5.82 Å². The highest BCUT2D eigenvalue weighted by atomic mass is 79.9. The first-order valence-electron chi connectivity index (χ1n) is 7.39. The SMILES string of the molecule is CCNC(Cc1ccc(Br)cc1F)C1C(C)(C)C1(C)C. The number of halogens is 2. The van der Waals surface area contributed by atoms with Crippen LogP contribution in [0.15, 0.2) is 22.7 Å². The van der Waals surface area contributed by atoms with Crippen molar-refractivity contribution in [2.45, 2.75) is 47.1 Å². The standard InChI is InChI=1S/C17H25BrFN/c1-6-20-14(15-16(2,3)17(15,4)5)9-11-7-8-12(18)10-13(11)19/h7-8,10,14-15,20H,6,9H2,1-5H3. The lowest BCUT2D eigenvalue weighted by Crippen LogP contribution is -2.35. The summed E-state index contributed by atoms with van der Waals surface area (Å²) in [6.07, 6.45) is 0.754. The summed E-state index contributed by atoms with van der Waals surface area (Å²) in [5.74, 6) is 0.469. The van der Waals surface area contributed by atoms with Crippen molar-refractivity contribution in [3.05, 3.63) is 34.1 Å². The van der Waals surface area contributed by atoms with Gasteiger partial charge in [-0.25, -0.2) is 4.39 Å². The van der Waals surface area contributed by atoms with Crippen LogP contribution < -0.4 is 5.32 Å². The van der Waals surface area contributed by atoms with Gasteiger partial charge in [-0.2, -0.15) is 0 Å². The summed E-state index contributed by atoms with van der Waals surface area (Å²) in [6, 6.07) is 5.71. The lowest BCUT2D eigenvalue weighted by molar-refractivity contribution is 0.398. The van der Waals surface area contributed by atoms with Crippen LogP contribution in [0.2, 0.25) is 0 Å². The van der Waals surface area contributed by atoms with Gasteiger partial charge in [0.2, 0.25) is 0 Å². The zero-order valence-electron chi connectivity index (χ0n) is 13.1. The second kappa shape index (κ2) is 5.42. The van der Waals surface area contributed by atoms with E-state index in [-0.39, 0.29) is 5.82 Å². The molecule has 1 nitrogen and oxygen atoms in total. The molecule has 2 rings (SSSR count). The maximum atomic E-state index is 14.1. The van der Waals surface area contributed by atoms with Crippen molar-refractivity contribution in [2.75, 3.05) is 6.54 Å². The number of benzene rings is 1. The van der Waals surface area contributed by atoms with E-state index in [1.165, 1.54) is 0 Å². The lowest BCUT2D eigenvalue weighted by atomic mass is 9.96. The largest absolute Gasteiger partial charge is 0.314 e. The third-order valence-corrected chi connectivity index (χ3v) is 5.95. The Labute approximate surface area is 130 Å². The van der Waals surface area contributed by atoms with Gasteiger partial charge in [0.25, 0.3) is 0 Å². The average Bonchev–Trinajstić information content (AvgIpc) is 2.72. The van der Waals surface area contributed by atoms with Crippen molar-refractivity contribution < 1.29 is 4.39 Å². The summed E-state index contributed by atoms with van der Waals surface area (Å²) in [4.78, 5) is 0. The Morgan fingerprint density at radius 2 is 1.85 bits per heavy atom. The Kier molecular flexibility index (Phi) is 4.32. The van der Waals surface area contributed by atoms with Crippen LogP contribution in [0.5, 0.6) is 0 Å². The molecule has 1 atom stereocenters. The van der Waals surface area contributed by atoms with Crippen molar-refractivity contribution in [1.29, 1.82) is 0 Å². The number of rotatable bonds is 5. The minimum Gasteiger partial charge on any atom is -0.314 e. The summed E-state index contributed by atoms with van der Waals surface area (Å²) in [5, 5.41) is 3.57. The molecule has 1 saturated carbocycles. The van der Waals surface area contributed by atoms with Crippen LogP contribution in [0, 0.1) is 22.6 Å². The molecule has 0 saturated heterocycles. The highest BCUT2D eigenvalue weighted by Gasteiger charge is 2.66. The van der Waals surface area contributed by atoms with Gasteiger partial charge >= 0.3 is 0 Å². The highest BCUT2D eigenvalue weighted by molar-refractivity contribution is 9.10. The summed E-state index contributed by atoms with van der Waals surface area (Å²) in [5.41, 5.74) is 1.43. The normalized spacial score (nSPS) is 21.8. The van der Waals surface area contributed by atoms with Gasteiger partial charge in [0.15, 0.2) is 0 Å². The molecule has 112 valence electrons. The van der Waals surface area contributed by atoms with Gasteiger partial charge in [0, 0.05) is 10.5 Å². The fraction of sp³-hybridized carbons (Fsp3) is 0.647. The van der Waals surface area contributed by atoms with Crippen LogP contribution in [-0.4, -0.2) is 12.6 Å². The van der Waals surface area contributed by atoms with Crippen molar-refractivity contribution in [2.24, 2.45) is 16.7 Å². The van der Waals surface area contributed by atoms with Crippen LogP contribution in [-0.2, 0) is 6.42 Å². The van der Waals surface area contributed by atoms with Gasteiger partial charge in [-0.05, 0) is 47.4 Å². The Balaban J connectivity index is 2.19. The predicted molar refractivity (Wildman–Crippen MR) is 86.3 cm³/mol. The molecule has 0 spiro atoms. The molecule has 0 bridgehead atoms. The van der Waals surface area contributed by atoms with Crippen LogP contribution in [0.25, 0.3) is 0 Å².